The monoisotopic (exact) mass is 649 g/mol. The summed E-state index contributed by atoms with van der Waals surface area (Å²) in [6, 6.07) is 29.1. The second-order valence-electron chi connectivity index (χ2n) is 11.7. The summed E-state index contributed by atoms with van der Waals surface area (Å²) >= 11 is 1.93. The van der Waals surface area contributed by atoms with Crippen molar-refractivity contribution in [2.24, 2.45) is 0 Å². The fourth-order valence-electron chi connectivity index (χ4n) is 6.03. The third-order valence-electron chi connectivity index (χ3n) is 8.02. The Bertz CT molecular complexity index is 1710. The number of pyridine rings is 1. The van der Waals surface area contributed by atoms with Crippen LogP contribution in [0, 0.1) is 0 Å². The van der Waals surface area contributed by atoms with Crippen LogP contribution in [0.5, 0.6) is 0 Å². The maximum Gasteiger partial charge on any atom is 0.490 e. The molecule has 0 aliphatic carbocycles. The zero-order chi connectivity index (χ0) is 32.8. The molecule has 0 amide bonds. The highest BCUT2D eigenvalue weighted by Crippen LogP contribution is 2.50. The molecule has 46 heavy (non-hydrogen) atoms. The molecule has 0 bridgehead atoms. The lowest BCUT2D eigenvalue weighted by atomic mass is 10.0. The fourth-order valence-corrected chi connectivity index (χ4v) is 7.22. The van der Waals surface area contributed by atoms with E-state index in [1.165, 1.54) is 62.0 Å². The number of benzene rings is 3. The van der Waals surface area contributed by atoms with Crippen LogP contribution in [0.15, 0.2) is 88.8 Å². The Hall–Kier alpha value is -4.02. The number of carboxylic acid groups (broad SMARTS) is 1. The quantitative estimate of drug-likeness (QED) is 0.187. The molecular formula is C36H40F3N4O2S+. The van der Waals surface area contributed by atoms with Crippen molar-refractivity contribution in [3.05, 3.63) is 95.0 Å². The van der Waals surface area contributed by atoms with Crippen LogP contribution in [0.25, 0.3) is 22.7 Å². The Labute approximate surface area is 272 Å². The van der Waals surface area contributed by atoms with E-state index >= 15 is 0 Å². The number of para-hydroxylation sites is 3. The molecule has 0 radical (unpaired) electrons. The van der Waals surface area contributed by atoms with E-state index in [9.17, 15) is 13.2 Å². The van der Waals surface area contributed by atoms with E-state index < -0.39 is 12.1 Å². The van der Waals surface area contributed by atoms with Crippen molar-refractivity contribution in [2.45, 2.75) is 43.7 Å². The molecule has 2 aliphatic heterocycles. The van der Waals surface area contributed by atoms with Crippen LogP contribution in [0.3, 0.4) is 0 Å². The SMILES string of the molecule is CCCN(CCCN(C)C)c1cc(/C=C2\Sc3cccc4c3N2CCC4)c2ccccc2[n+]1-c1ccccc1.O=C(O)C(F)(F)F. The van der Waals surface area contributed by atoms with Crippen LogP contribution in [0.4, 0.5) is 24.7 Å². The number of rotatable bonds is 9. The van der Waals surface area contributed by atoms with Gasteiger partial charge in [-0.05, 0) is 81.2 Å². The molecule has 0 unspecified atom stereocenters. The molecule has 6 nitrogen and oxygen atoms in total. The predicted molar refractivity (Wildman–Crippen MR) is 181 cm³/mol. The van der Waals surface area contributed by atoms with Crippen LogP contribution < -0.4 is 14.4 Å². The largest absolute Gasteiger partial charge is 0.490 e. The average Bonchev–Trinajstić information content (AvgIpc) is 3.39. The normalized spacial score (nSPS) is 14.8. The highest BCUT2D eigenvalue weighted by molar-refractivity contribution is 8.03. The van der Waals surface area contributed by atoms with Crippen molar-refractivity contribution in [2.75, 3.05) is 50.1 Å². The second-order valence-corrected chi connectivity index (χ2v) is 12.8. The van der Waals surface area contributed by atoms with Gasteiger partial charge >= 0.3 is 12.1 Å². The maximum atomic E-state index is 10.6. The zero-order valence-corrected chi connectivity index (χ0v) is 27.2. The van der Waals surface area contributed by atoms with Gasteiger partial charge in [0.15, 0.2) is 0 Å². The molecule has 0 spiro atoms. The molecule has 2 aliphatic rings. The van der Waals surface area contributed by atoms with Gasteiger partial charge in [0.2, 0.25) is 0 Å². The molecule has 3 heterocycles. The Morgan fingerprint density at radius 3 is 2.41 bits per heavy atom. The molecular weight excluding hydrogens is 609 g/mol. The molecule has 1 N–H and O–H groups in total. The molecule has 10 heteroatoms. The van der Waals surface area contributed by atoms with Crippen molar-refractivity contribution in [3.8, 4) is 5.69 Å². The number of hydrogen-bond acceptors (Lipinski definition) is 5. The van der Waals surface area contributed by atoms with Crippen LogP contribution in [0.1, 0.15) is 37.3 Å². The summed E-state index contributed by atoms with van der Waals surface area (Å²) < 4.78 is 34.2. The molecule has 242 valence electrons. The van der Waals surface area contributed by atoms with Crippen molar-refractivity contribution in [3.63, 3.8) is 0 Å². The third-order valence-corrected chi connectivity index (χ3v) is 9.11. The van der Waals surface area contributed by atoms with Gasteiger partial charge in [-0.15, -0.1) is 0 Å². The Morgan fingerprint density at radius 1 is 1.00 bits per heavy atom. The molecule has 4 aromatic rings. The number of nitrogens with zero attached hydrogens (tertiary/aromatic N) is 4. The van der Waals surface area contributed by atoms with Crippen molar-refractivity contribution >= 4 is 46.2 Å². The van der Waals surface area contributed by atoms with Crippen LogP contribution in [-0.2, 0) is 11.2 Å². The van der Waals surface area contributed by atoms with E-state index in [-0.39, 0.29) is 0 Å². The molecule has 0 fully saturated rings. The second kappa shape index (κ2) is 14.6. The fraction of sp³-hybridized carbons (Fsp3) is 0.333. The summed E-state index contributed by atoms with van der Waals surface area (Å²) in [7, 11) is 4.33. The lowest BCUT2D eigenvalue weighted by Crippen LogP contribution is -2.42. The minimum Gasteiger partial charge on any atom is -0.475 e. The number of carboxylic acids is 1. The van der Waals surface area contributed by atoms with Crippen LogP contribution in [-0.4, -0.2) is 62.4 Å². The summed E-state index contributed by atoms with van der Waals surface area (Å²) in [5, 5.41) is 9.76. The smallest absolute Gasteiger partial charge is 0.475 e. The summed E-state index contributed by atoms with van der Waals surface area (Å²) in [5.74, 6) is -1.49. The van der Waals surface area contributed by atoms with E-state index in [1.807, 2.05) is 11.8 Å². The van der Waals surface area contributed by atoms with Crippen molar-refractivity contribution in [1.82, 2.24) is 4.90 Å². The average molecular weight is 650 g/mol. The minimum absolute atomic E-state index is 1.03. The summed E-state index contributed by atoms with van der Waals surface area (Å²) in [4.78, 5) is 17.7. The first kappa shape index (κ1) is 33.3. The number of aryl methyl sites for hydroxylation is 1. The van der Waals surface area contributed by atoms with Crippen LogP contribution >= 0.6 is 11.8 Å². The number of thioether (sulfide) groups is 1. The first-order chi connectivity index (χ1) is 22.1. The number of anilines is 2. The molecule has 0 saturated heterocycles. The van der Waals surface area contributed by atoms with Gasteiger partial charge in [-0.3, -0.25) is 4.90 Å². The van der Waals surface area contributed by atoms with E-state index in [0.29, 0.717) is 0 Å². The van der Waals surface area contributed by atoms with Crippen molar-refractivity contribution in [1.29, 1.82) is 0 Å². The molecule has 3 aromatic carbocycles. The van der Waals surface area contributed by atoms with Crippen molar-refractivity contribution < 1.29 is 27.6 Å². The van der Waals surface area contributed by atoms with E-state index in [1.54, 1.807) is 0 Å². The lowest BCUT2D eigenvalue weighted by Gasteiger charge is -2.27. The van der Waals surface area contributed by atoms with Gasteiger partial charge < -0.3 is 14.9 Å². The first-order valence-corrected chi connectivity index (χ1v) is 16.4. The molecule has 1 aromatic heterocycles. The van der Waals surface area contributed by atoms with Gasteiger partial charge in [0.25, 0.3) is 5.82 Å². The number of hydrogen-bond donors (Lipinski definition) is 1. The first-order valence-electron chi connectivity index (χ1n) is 15.6. The van der Waals surface area contributed by atoms with E-state index in [0.717, 1.165) is 39.0 Å². The number of alkyl halides is 3. The van der Waals surface area contributed by atoms with Gasteiger partial charge in [-0.1, -0.05) is 67.2 Å². The Morgan fingerprint density at radius 2 is 1.72 bits per heavy atom. The third kappa shape index (κ3) is 7.50. The molecule has 0 saturated carbocycles. The number of halogens is 3. The number of aromatic nitrogens is 1. The topological polar surface area (TPSA) is 50.9 Å². The summed E-state index contributed by atoms with van der Waals surface area (Å²) in [5.41, 5.74) is 6.69. The number of fused-ring (bicyclic) bond motifs is 1. The van der Waals surface area contributed by atoms with Gasteiger partial charge in [-0.25, -0.2) is 4.79 Å². The lowest BCUT2D eigenvalue weighted by molar-refractivity contribution is -0.553. The Balaban J connectivity index is 0.000000537. The molecule has 6 rings (SSSR count). The van der Waals surface area contributed by atoms with Crippen LogP contribution in [0.2, 0.25) is 0 Å². The zero-order valence-electron chi connectivity index (χ0n) is 26.4. The van der Waals surface area contributed by atoms with E-state index in [4.69, 9.17) is 9.90 Å². The maximum absolute atomic E-state index is 10.6. The van der Waals surface area contributed by atoms with Gasteiger partial charge in [0, 0.05) is 29.4 Å². The molecule has 0 atom stereocenters. The Kier molecular flexibility index (Phi) is 10.6. The highest BCUT2D eigenvalue weighted by atomic mass is 32.2. The summed E-state index contributed by atoms with van der Waals surface area (Å²) in [6.45, 7) is 6.53. The standard InChI is InChI=1S/C34H39N4S.C2HF3O2/c1-4-20-36(22-12-21-35(2)3)32-24-27(25-33-37-23-11-14-26-13-10-19-31(39-33)34(26)37)29-17-8-9-18-30(29)38(32)28-15-6-5-7-16-28;3-2(4,5)1(6)7/h5-10,13,15-19,24-25H,4,11-12,14,20-23H2,1-3H3;(H,6,7)/q+1;. The summed E-state index contributed by atoms with van der Waals surface area (Å²) in [6.07, 6.45) is 2.00. The van der Waals surface area contributed by atoms with Gasteiger partial charge in [0.1, 0.15) is 11.2 Å². The van der Waals surface area contributed by atoms with Gasteiger partial charge in [-0.2, -0.15) is 17.7 Å². The highest BCUT2D eigenvalue weighted by Gasteiger charge is 2.38. The number of aliphatic carboxylic acids is 1. The number of carbonyl (C=O) groups is 1. The van der Waals surface area contributed by atoms with Gasteiger partial charge in [0.05, 0.1) is 23.8 Å². The minimum atomic E-state index is -5.08. The van der Waals surface area contributed by atoms with E-state index in [2.05, 4.69) is 125 Å². The predicted octanol–water partition coefficient (Wildman–Crippen LogP) is 7.77.